The van der Waals surface area contributed by atoms with E-state index in [2.05, 4.69) is 46.5 Å². The molecule has 30 heavy (non-hydrogen) atoms. The summed E-state index contributed by atoms with van der Waals surface area (Å²) in [6.07, 6.45) is 4.75. The van der Waals surface area contributed by atoms with Gasteiger partial charge in [0.1, 0.15) is 0 Å². The van der Waals surface area contributed by atoms with Crippen LogP contribution in [0.2, 0.25) is 0 Å². The minimum absolute atomic E-state index is 0.0517. The minimum Gasteiger partial charge on any atom is -0.337 e. The van der Waals surface area contributed by atoms with E-state index in [4.69, 9.17) is 0 Å². The first kappa shape index (κ1) is 22.6. The van der Waals surface area contributed by atoms with E-state index in [1.165, 1.54) is 5.56 Å². The number of benzene rings is 1. The van der Waals surface area contributed by atoms with Crippen molar-refractivity contribution in [3.63, 3.8) is 0 Å². The van der Waals surface area contributed by atoms with E-state index in [1.54, 1.807) is 0 Å². The molecule has 2 saturated heterocycles. The molecule has 6 heteroatoms. The third-order valence-corrected chi connectivity index (χ3v) is 6.81. The molecule has 2 N–H and O–H groups in total. The van der Waals surface area contributed by atoms with Gasteiger partial charge in [0.05, 0.1) is 12.5 Å². The fourth-order valence-electron chi connectivity index (χ4n) is 5.01. The Morgan fingerprint density at radius 3 is 2.40 bits per heavy atom. The molecular formula is C24H38N4O2. The highest BCUT2D eigenvalue weighted by atomic mass is 16.2. The summed E-state index contributed by atoms with van der Waals surface area (Å²) in [7, 11) is 2.17. The topological polar surface area (TPSA) is 64.7 Å². The molecular weight excluding hydrogens is 376 g/mol. The minimum atomic E-state index is -0.149. The first-order valence-electron chi connectivity index (χ1n) is 11.4. The van der Waals surface area contributed by atoms with Crippen LogP contribution in [0.3, 0.4) is 0 Å². The standard InChI is InChI=1S/C24H38N4O2/c1-18(2)26-23(30)25-17-21-24(11-14-27(4)15-12-24)10-5-13-28(21)22(29)16-20-8-6-19(3)7-9-20/h6-9,18,21H,5,10-17H2,1-4H3,(H2,25,26,30). The molecule has 1 unspecified atom stereocenters. The predicted octanol–water partition coefficient (Wildman–Crippen LogP) is 2.95. The van der Waals surface area contributed by atoms with Gasteiger partial charge in [-0.2, -0.15) is 0 Å². The highest BCUT2D eigenvalue weighted by Crippen LogP contribution is 2.44. The molecule has 2 fully saturated rings. The van der Waals surface area contributed by atoms with Crippen LogP contribution in [-0.2, 0) is 11.2 Å². The quantitative estimate of drug-likeness (QED) is 0.779. The molecule has 2 aliphatic heterocycles. The Hall–Kier alpha value is -2.08. The summed E-state index contributed by atoms with van der Waals surface area (Å²) in [5, 5.41) is 5.97. The molecule has 3 amide bonds. The lowest BCUT2D eigenvalue weighted by molar-refractivity contribution is -0.140. The van der Waals surface area contributed by atoms with Crippen molar-refractivity contribution in [3.8, 4) is 0 Å². The molecule has 166 valence electrons. The fourth-order valence-corrected chi connectivity index (χ4v) is 5.01. The molecule has 0 aromatic heterocycles. The van der Waals surface area contributed by atoms with E-state index in [9.17, 15) is 9.59 Å². The second-order valence-corrected chi connectivity index (χ2v) is 9.54. The number of piperidine rings is 2. The number of nitrogens with zero attached hydrogens (tertiary/aromatic N) is 2. The Morgan fingerprint density at radius 1 is 1.10 bits per heavy atom. The highest BCUT2D eigenvalue weighted by molar-refractivity contribution is 5.79. The monoisotopic (exact) mass is 414 g/mol. The molecule has 1 aromatic rings. The molecule has 0 radical (unpaired) electrons. The van der Waals surface area contributed by atoms with Crippen molar-refractivity contribution >= 4 is 11.9 Å². The summed E-state index contributed by atoms with van der Waals surface area (Å²) in [5.41, 5.74) is 2.35. The zero-order chi connectivity index (χ0) is 21.7. The fraction of sp³-hybridized carbons (Fsp3) is 0.667. The van der Waals surface area contributed by atoms with Crippen LogP contribution in [0.15, 0.2) is 24.3 Å². The van der Waals surface area contributed by atoms with E-state index in [-0.39, 0.29) is 29.4 Å². The molecule has 3 rings (SSSR count). The van der Waals surface area contributed by atoms with Gasteiger partial charge in [0.25, 0.3) is 0 Å². The SMILES string of the molecule is Cc1ccc(CC(=O)N2CCCC3(CCN(C)CC3)C2CNC(=O)NC(C)C)cc1. The van der Waals surface area contributed by atoms with E-state index in [1.807, 2.05) is 26.0 Å². The van der Waals surface area contributed by atoms with E-state index >= 15 is 0 Å². The van der Waals surface area contributed by atoms with Gasteiger partial charge in [0.15, 0.2) is 0 Å². The first-order valence-corrected chi connectivity index (χ1v) is 11.4. The summed E-state index contributed by atoms with van der Waals surface area (Å²) in [6.45, 7) is 9.36. The Labute approximate surface area is 181 Å². The van der Waals surface area contributed by atoms with Crippen LogP contribution in [0, 0.1) is 12.3 Å². The lowest BCUT2D eigenvalue weighted by Crippen LogP contribution is -2.62. The van der Waals surface area contributed by atoms with Crippen molar-refractivity contribution in [2.24, 2.45) is 5.41 Å². The van der Waals surface area contributed by atoms with Crippen LogP contribution in [-0.4, -0.2) is 67.0 Å². The third-order valence-electron chi connectivity index (χ3n) is 6.81. The number of hydrogen-bond donors (Lipinski definition) is 2. The number of likely N-dealkylation sites (tertiary alicyclic amines) is 2. The first-order chi connectivity index (χ1) is 14.3. The third kappa shape index (κ3) is 5.54. The summed E-state index contributed by atoms with van der Waals surface area (Å²) < 4.78 is 0. The Morgan fingerprint density at radius 2 is 1.77 bits per heavy atom. The Kier molecular flexibility index (Phi) is 7.40. The van der Waals surface area contributed by atoms with Crippen molar-refractivity contribution in [2.45, 2.75) is 65.0 Å². The van der Waals surface area contributed by atoms with Gasteiger partial charge in [-0.1, -0.05) is 29.8 Å². The number of nitrogens with one attached hydrogen (secondary N) is 2. The smallest absolute Gasteiger partial charge is 0.315 e. The van der Waals surface area contributed by atoms with Crippen molar-refractivity contribution in [1.29, 1.82) is 0 Å². The van der Waals surface area contributed by atoms with Crippen LogP contribution in [0.5, 0.6) is 0 Å². The maximum absolute atomic E-state index is 13.4. The normalized spacial score (nSPS) is 21.6. The van der Waals surface area contributed by atoms with E-state index < -0.39 is 0 Å². The molecule has 1 spiro atoms. The van der Waals surface area contributed by atoms with Crippen LogP contribution in [0.1, 0.15) is 50.7 Å². The van der Waals surface area contributed by atoms with Crippen LogP contribution in [0.25, 0.3) is 0 Å². The number of aryl methyl sites for hydroxylation is 1. The van der Waals surface area contributed by atoms with Gasteiger partial charge < -0.3 is 20.4 Å². The number of carbonyl (C=O) groups excluding carboxylic acids is 2. The molecule has 1 atom stereocenters. The van der Waals surface area contributed by atoms with E-state index in [0.29, 0.717) is 13.0 Å². The molecule has 0 saturated carbocycles. The van der Waals surface area contributed by atoms with Crippen molar-refractivity contribution < 1.29 is 9.59 Å². The molecule has 2 heterocycles. The number of urea groups is 1. The Balaban J connectivity index is 1.76. The van der Waals surface area contributed by atoms with Gasteiger partial charge in [-0.25, -0.2) is 4.79 Å². The molecule has 2 aliphatic rings. The number of carbonyl (C=O) groups is 2. The average Bonchev–Trinajstić information content (AvgIpc) is 2.70. The van der Waals surface area contributed by atoms with Gasteiger partial charge >= 0.3 is 6.03 Å². The zero-order valence-corrected chi connectivity index (χ0v) is 19.0. The van der Waals surface area contributed by atoms with Crippen LogP contribution < -0.4 is 10.6 Å². The van der Waals surface area contributed by atoms with E-state index in [0.717, 1.165) is 50.9 Å². The summed E-state index contributed by atoms with van der Waals surface area (Å²) in [4.78, 5) is 30.1. The number of amides is 3. The van der Waals surface area contributed by atoms with Crippen molar-refractivity contribution in [3.05, 3.63) is 35.4 Å². The molecule has 0 bridgehead atoms. The lowest BCUT2D eigenvalue weighted by atomic mass is 9.66. The maximum Gasteiger partial charge on any atom is 0.315 e. The van der Waals surface area contributed by atoms with Gasteiger partial charge in [0.2, 0.25) is 5.91 Å². The second kappa shape index (κ2) is 9.82. The van der Waals surface area contributed by atoms with Gasteiger partial charge in [0, 0.05) is 19.1 Å². The zero-order valence-electron chi connectivity index (χ0n) is 19.0. The predicted molar refractivity (Wildman–Crippen MR) is 120 cm³/mol. The van der Waals surface area contributed by atoms with Crippen molar-refractivity contribution in [2.75, 3.05) is 33.2 Å². The van der Waals surface area contributed by atoms with Gasteiger partial charge in [-0.3, -0.25) is 4.79 Å². The second-order valence-electron chi connectivity index (χ2n) is 9.54. The van der Waals surface area contributed by atoms with Gasteiger partial charge in [-0.15, -0.1) is 0 Å². The molecule has 0 aliphatic carbocycles. The van der Waals surface area contributed by atoms with Gasteiger partial charge in [-0.05, 0) is 77.6 Å². The summed E-state index contributed by atoms with van der Waals surface area (Å²) in [6, 6.07) is 8.21. The van der Waals surface area contributed by atoms with Crippen LogP contribution >= 0.6 is 0 Å². The largest absolute Gasteiger partial charge is 0.337 e. The summed E-state index contributed by atoms with van der Waals surface area (Å²) >= 11 is 0. The molecule has 1 aromatic carbocycles. The van der Waals surface area contributed by atoms with Crippen LogP contribution in [0.4, 0.5) is 4.79 Å². The maximum atomic E-state index is 13.4. The number of rotatable bonds is 5. The number of hydrogen-bond acceptors (Lipinski definition) is 3. The average molecular weight is 415 g/mol. The highest BCUT2D eigenvalue weighted by Gasteiger charge is 2.47. The molecule has 6 nitrogen and oxygen atoms in total. The Bertz CT molecular complexity index is 723. The summed E-state index contributed by atoms with van der Waals surface area (Å²) in [5.74, 6) is 0.174. The lowest BCUT2D eigenvalue weighted by Gasteiger charge is -2.53. The van der Waals surface area contributed by atoms with Crippen molar-refractivity contribution in [1.82, 2.24) is 20.4 Å².